The van der Waals surface area contributed by atoms with Gasteiger partial charge < -0.3 is 9.64 Å². The summed E-state index contributed by atoms with van der Waals surface area (Å²) in [6, 6.07) is 10.5. The first kappa shape index (κ1) is 18.9. The smallest absolute Gasteiger partial charge is 0.323 e. The van der Waals surface area contributed by atoms with E-state index < -0.39 is 0 Å². The Labute approximate surface area is 146 Å². The van der Waals surface area contributed by atoms with Crippen LogP contribution in [0.25, 0.3) is 0 Å². The Morgan fingerprint density at radius 2 is 1.88 bits per heavy atom. The van der Waals surface area contributed by atoms with Crippen molar-refractivity contribution in [2.24, 2.45) is 0 Å². The Bertz CT molecular complexity index is 487. The highest BCUT2D eigenvalue weighted by atomic mass is 16.5. The van der Waals surface area contributed by atoms with Crippen LogP contribution in [0.1, 0.15) is 19.4 Å². The minimum Gasteiger partial charge on any atom is -0.465 e. The molecule has 134 valence electrons. The van der Waals surface area contributed by atoms with Gasteiger partial charge in [0.15, 0.2) is 0 Å². The van der Waals surface area contributed by atoms with Crippen molar-refractivity contribution in [2.75, 3.05) is 52.9 Å². The summed E-state index contributed by atoms with van der Waals surface area (Å²) in [4.78, 5) is 18.9. The molecule has 0 N–H and O–H groups in total. The van der Waals surface area contributed by atoms with Crippen molar-refractivity contribution in [2.45, 2.75) is 26.4 Å². The predicted octanol–water partition coefficient (Wildman–Crippen LogP) is 1.69. The highest BCUT2D eigenvalue weighted by Crippen LogP contribution is 2.08. The molecule has 5 heteroatoms. The number of carbonyl (C=O) groups is 1. The van der Waals surface area contributed by atoms with Gasteiger partial charge in [0, 0.05) is 45.8 Å². The molecule has 1 heterocycles. The predicted molar refractivity (Wildman–Crippen MR) is 96.9 cm³/mol. The summed E-state index contributed by atoms with van der Waals surface area (Å²) in [5.74, 6) is -0.103. The molecule has 1 aromatic carbocycles. The van der Waals surface area contributed by atoms with Gasteiger partial charge in [-0.1, -0.05) is 30.3 Å². The van der Waals surface area contributed by atoms with Crippen LogP contribution in [-0.2, 0) is 16.1 Å². The zero-order valence-corrected chi connectivity index (χ0v) is 15.3. The second-order valence-corrected chi connectivity index (χ2v) is 6.53. The molecule has 0 saturated carbocycles. The SMILES string of the molecule is CCOC(=O)[C@H](C)N1CCN(CCN(C)Cc2ccccc2)CC1. The van der Waals surface area contributed by atoms with E-state index in [1.807, 2.05) is 13.8 Å². The lowest BCUT2D eigenvalue weighted by molar-refractivity contribution is -0.149. The summed E-state index contributed by atoms with van der Waals surface area (Å²) < 4.78 is 5.12. The van der Waals surface area contributed by atoms with Gasteiger partial charge in [-0.2, -0.15) is 0 Å². The molecule has 1 atom stereocenters. The second-order valence-electron chi connectivity index (χ2n) is 6.53. The van der Waals surface area contributed by atoms with Gasteiger partial charge in [0.25, 0.3) is 0 Å². The number of ether oxygens (including phenoxy) is 1. The third-order valence-corrected chi connectivity index (χ3v) is 4.68. The van der Waals surface area contributed by atoms with Crippen molar-refractivity contribution >= 4 is 5.97 Å². The number of esters is 1. The molecule has 0 aromatic heterocycles. The van der Waals surface area contributed by atoms with E-state index in [-0.39, 0.29) is 12.0 Å². The third kappa shape index (κ3) is 5.89. The maximum atomic E-state index is 11.8. The van der Waals surface area contributed by atoms with Crippen molar-refractivity contribution in [1.82, 2.24) is 14.7 Å². The fraction of sp³-hybridized carbons (Fsp3) is 0.632. The Morgan fingerprint density at radius 1 is 1.21 bits per heavy atom. The van der Waals surface area contributed by atoms with E-state index in [2.05, 4.69) is 52.1 Å². The number of piperazine rings is 1. The lowest BCUT2D eigenvalue weighted by Crippen LogP contribution is -2.52. The highest BCUT2D eigenvalue weighted by molar-refractivity contribution is 5.75. The van der Waals surface area contributed by atoms with Crippen LogP contribution in [0.4, 0.5) is 0 Å². The van der Waals surface area contributed by atoms with Crippen LogP contribution in [0.15, 0.2) is 30.3 Å². The summed E-state index contributed by atoms with van der Waals surface area (Å²) in [6.45, 7) is 11.3. The zero-order chi connectivity index (χ0) is 17.4. The molecule has 0 bridgehead atoms. The number of carbonyl (C=O) groups excluding carboxylic acids is 1. The largest absolute Gasteiger partial charge is 0.465 e. The number of likely N-dealkylation sites (N-methyl/N-ethyl adjacent to an activating group) is 1. The van der Waals surface area contributed by atoms with Crippen LogP contribution in [0.2, 0.25) is 0 Å². The van der Waals surface area contributed by atoms with Crippen LogP contribution in [-0.4, -0.2) is 79.6 Å². The van der Waals surface area contributed by atoms with Crippen LogP contribution in [0.5, 0.6) is 0 Å². The summed E-state index contributed by atoms with van der Waals surface area (Å²) in [5, 5.41) is 0. The monoisotopic (exact) mass is 333 g/mol. The van der Waals surface area contributed by atoms with Gasteiger partial charge in [-0.25, -0.2) is 0 Å². The number of hydrogen-bond acceptors (Lipinski definition) is 5. The van der Waals surface area contributed by atoms with E-state index in [1.165, 1.54) is 5.56 Å². The van der Waals surface area contributed by atoms with E-state index in [4.69, 9.17) is 4.74 Å². The quantitative estimate of drug-likeness (QED) is 0.677. The maximum Gasteiger partial charge on any atom is 0.323 e. The summed E-state index contributed by atoms with van der Waals surface area (Å²) in [6.07, 6.45) is 0. The van der Waals surface area contributed by atoms with Gasteiger partial charge in [-0.3, -0.25) is 14.6 Å². The molecule has 5 nitrogen and oxygen atoms in total. The van der Waals surface area contributed by atoms with Gasteiger partial charge in [-0.05, 0) is 26.5 Å². The molecule has 2 rings (SSSR count). The molecule has 1 saturated heterocycles. The number of hydrogen-bond donors (Lipinski definition) is 0. The van der Waals surface area contributed by atoms with E-state index in [9.17, 15) is 4.79 Å². The molecule has 1 fully saturated rings. The lowest BCUT2D eigenvalue weighted by Gasteiger charge is -2.37. The molecule has 0 spiro atoms. The summed E-state index contributed by atoms with van der Waals surface area (Å²) >= 11 is 0. The normalized spacial score (nSPS) is 17.8. The van der Waals surface area contributed by atoms with Crippen molar-refractivity contribution in [3.05, 3.63) is 35.9 Å². The van der Waals surface area contributed by atoms with E-state index in [0.717, 1.165) is 45.8 Å². The highest BCUT2D eigenvalue weighted by Gasteiger charge is 2.26. The van der Waals surface area contributed by atoms with E-state index in [1.54, 1.807) is 0 Å². The number of nitrogens with zero attached hydrogens (tertiary/aromatic N) is 3. The zero-order valence-electron chi connectivity index (χ0n) is 15.3. The van der Waals surface area contributed by atoms with Crippen molar-refractivity contribution < 1.29 is 9.53 Å². The van der Waals surface area contributed by atoms with Gasteiger partial charge in [0.1, 0.15) is 6.04 Å². The maximum absolute atomic E-state index is 11.8. The molecule has 0 radical (unpaired) electrons. The molecule has 1 aromatic rings. The van der Waals surface area contributed by atoms with Crippen molar-refractivity contribution in [3.8, 4) is 0 Å². The average Bonchev–Trinajstić information content (AvgIpc) is 2.61. The standard InChI is InChI=1S/C19H31N3O2/c1-4-24-19(23)17(2)22-14-12-21(13-15-22)11-10-20(3)16-18-8-6-5-7-9-18/h5-9,17H,4,10-16H2,1-3H3/t17-/m0/s1. The molecule has 0 aliphatic carbocycles. The van der Waals surface area contributed by atoms with E-state index >= 15 is 0 Å². The van der Waals surface area contributed by atoms with Crippen LogP contribution < -0.4 is 0 Å². The summed E-state index contributed by atoms with van der Waals surface area (Å²) in [5.41, 5.74) is 1.35. The van der Waals surface area contributed by atoms with Gasteiger partial charge >= 0.3 is 5.97 Å². The molecule has 24 heavy (non-hydrogen) atoms. The van der Waals surface area contributed by atoms with Crippen molar-refractivity contribution in [3.63, 3.8) is 0 Å². The van der Waals surface area contributed by atoms with Crippen LogP contribution in [0, 0.1) is 0 Å². The first-order valence-electron chi connectivity index (χ1n) is 8.95. The third-order valence-electron chi connectivity index (χ3n) is 4.68. The molecular weight excluding hydrogens is 302 g/mol. The van der Waals surface area contributed by atoms with Gasteiger partial charge in [0.05, 0.1) is 6.61 Å². The average molecular weight is 333 g/mol. The first-order valence-corrected chi connectivity index (χ1v) is 8.95. The lowest BCUT2D eigenvalue weighted by atomic mass is 10.2. The minimum atomic E-state index is -0.132. The fourth-order valence-corrected chi connectivity index (χ4v) is 3.07. The molecular formula is C19H31N3O2. The van der Waals surface area contributed by atoms with Crippen LogP contribution in [0.3, 0.4) is 0 Å². The molecule has 1 aliphatic heterocycles. The van der Waals surface area contributed by atoms with Gasteiger partial charge in [-0.15, -0.1) is 0 Å². The van der Waals surface area contributed by atoms with Crippen molar-refractivity contribution in [1.29, 1.82) is 0 Å². The fourth-order valence-electron chi connectivity index (χ4n) is 3.07. The Balaban J connectivity index is 1.66. The van der Waals surface area contributed by atoms with Crippen LogP contribution >= 0.6 is 0 Å². The van der Waals surface area contributed by atoms with Gasteiger partial charge in [0.2, 0.25) is 0 Å². The molecule has 1 aliphatic rings. The minimum absolute atomic E-state index is 0.103. The number of rotatable bonds is 8. The molecule has 0 unspecified atom stereocenters. The Hall–Kier alpha value is -1.43. The number of benzene rings is 1. The Morgan fingerprint density at radius 3 is 2.50 bits per heavy atom. The molecule has 0 amide bonds. The topological polar surface area (TPSA) is 36.0 Å². The Kier molecular flexibility index (Phi) is 7.69. The second kappa shape index (κ2) is 9.77. The first-order chi connectivity index (χ1) is 11.6. The summed E-state index contributed by atoms with van der Waals surface area (Å²) in [7, 11) is 2.17. The van der Waals surface area contributed by atoms with E-state index in [0.29, 0.717) is 6.61 Å².